The number of hydrogen-bond donors (Lipinski definition) is 0. The summed E-state index contributed by atoms with van der Waals surface area (Å²) >= 11 is 0. The third-order valence-electron chi connectivity index (χ3n) is 3.98. The summed E-state index contributed by atoms with van der Waals surface area (Å²) in [6, 6.07) is 19.7. The first-order chi connectivity index (χ1) is 9.88. The largest absolute Gasteiger partial charge is 0.293 e. The highest BCUT2D eigenvalue weighted by Gasteiger charge is 2.09. The van der Waals surface area contributed by atoms with Gasteiger partial charge >= 0.3 is 0 Å². The number of benzene rings is 4. The van der Waals surface area contributed by atoms with Crippen LogP contribution in [-0.4, -0.2) is 12.8 Å². The van der Waals surface area contributed by atoms with Crippen molar-refractivity contribution in [1.29, 1.82) is 0 Å². The maximum Gasteiger partial charge on any atom is 0.0361 e. The summed E-state index contributed by atoms with van der Waals surface area (Å²) in [5, 5.41) is 7.95. The maximum atomic E-state index is 4.40. The monoisotopic (exact) mass is 257 g/mol. The Morgan fingerprint density at radius 1 is 0.800 bits per heavy atom. The molecule has 0 aliphatic heterocycles. The fourth-order valence-corrected chi connectivity index (χ4v) is 3.06. The predicted octanol–water partition coefficient (Wildman–Crippen LogP) is 5.02. The summed E-state index contributed by atoms with van der Waals surface area (Å²) in [5.41, 5.74) is 1.21. The summed E-state index contributed by atoms with van der Waals surface area (Å²) in [4.78, 5) is 4.40. The number of aliphatic imine (C=N–C) groups is 1. The molecule has 0 spiro atoms. The Bertz CT molecular complexity index is 919. The molecule has 4 aromatic carbocycles. The molecule has 20 heavy (non-hydrogen) atoms. The molecule has 0 saturated heterocycles. The first-order valence-corrected chi connectivity index (χ1v) is 7.05. The SMILES string of the molecule is CC/N=C/c1ccc2ccc3cccc4ccc1c2c34. The van der Waals surface area contributed by atoms with Gasteiger partial charge in [-0.1, -0.05) is 54.6 Å². The summed E-state index contributed by atoms with van der Waals surface area (Å²) in [6.07, 6.45) is 1.99. The summed E-state index contributed by atoms with van der Waals surface area (Å²) in [6.45, 7) is 2.88. The van der Waals surface area contributed by atoms with Crippen molar-refractivity contribution in [3.05, 3.63) is 60.2 Å². The van der Waals surface area contributed by atoms with Gasteiger partial charge < -0.3 is 0 Å². The lowest BCUT2D eigenvalue weighted by Crippen LogP contribution is -1.89. The van der Waals surface area contributed by atoms with E-state index in [1.54, 1.807) is 0 Å². The average molecular weight is 257 g/mol. The number of hydrogen-bond acceptors (Lipinski definition) is 1. The third kappa shape index (κ3) is 1.53. The summed E-state index contributed by atoms with van der Waals surface area (Å²) in [5.74, 6) is 0. The molecule has 4 aromatic rings. The van der Waals surface area contributed by atoms with E-state index in [-0.39, 0.29) is 0 Å². The normalized spacial score (nSPS) is 12.2. The quantitative estimate of drug-likeness (QED) is 0.353. The lowest BCUT2D eigenvalue weighted by molar-refractivity contribution is 1.14. The molecule has 0 heterocycles. The molecule has 0 amide bonds. The fraction of sp³-hybridized carbons (Fsp3) is 0.105. The molecule has 1 heteroatoms. The van der Waals surface area contributed by atoms with Gasteiger partial charge in [0.15, 0.2) is 0 Å². The van der Waals surface area contributed by atoms with E-state index in [0.717, 1.165) is 6.54 Å². The minimum atomic E-state index is 0.821. The molecule has 0 aliphatic carbocycles. The van der Waals surface area contributed by atoms with Crippen LogP contribution in [0.2, 0.25) is 0 Å². The molecule has 0 radical (unpaired) electrons. The Labute approximate surface area is 117 Å². The zero-order valence-electron chi connectivity index (χ0n) is 11.4. The maximum absolute atomic E-state index is 4.40. The van der Waals surface area contributed by atoms with Gasteiger partial charge in [0.1, 0.15) is 0 Å². The zero-order valence-corrected chi connectivity index (χ0v) is 11.4. The van der Waals surface area contributed by atoms with Gasteiger partial charge in [-0.25, -0.2) is 0 Å². The van der Waals surface area contributed by atoms with Crippen molar-refractivity contribution in [2.75, 3.05) is 6.54 Å². The van der Waals surface area contributed by atoms with Crippen molar-refractivity contribution in [1.82, 2.24) is 0 Å². The van der Waals surface area contributed by atoms with E-state index in [0.29, 0.717) is 0 Å². The van der Waals surface area contributed by atoms with Gasteiger partial charge in [0.2, 0.25) is 0 Å². The minimum Gasteiger partial charge on any atom is -0.293 e. The van der Waals surface area contributed by atoms with Crippen molar-refractivity contribution >= 4 is 38.5 Å². The van der Waals surface area contributed by atoms with Gasteiger partial charge in [-0.15, -0.1) is 0 Å². The van der Waals surface area contributed by atoms with Gasteiger partial charge in [-0.2, -0.15) is 0 Å². The van der Waals surface area contributed by atoms with Gasteiger partial charge in [0.25, 0.3) is 0 Å². The van der Waals surface area contributed by atoms with Crippen molar-refractivity contribution in [3.8, 4) is 0 Å². The van der Waals surface area contributed by atoms with Crippen LogP contribution in [0.5, 0.6) is 0 Å². The van der Waals surface area contributed by atoms with Crippen LogP contribution in [0.3, 0.4) is 0 Å². The molecular weight excluding hydrogens is 242 g/mol. The van der Waals surface area contributed by atoms with E-state index in [4.69, 9.17) is 0 Å². The Morgan fingerprint density at radius 2 is 1.45 bits per heavy atom. The second-order valence-electron chi connectivity index (χ2n) is 5.14. The molecule has 0 aromatic heterocycles. The van der Waals surface area contributed by atoms with Crippen LogP contribution < -0.4 is 0 Å². The molecule has 0 saturated carbocycles. The second kappa shape index (κ2) is 4.31. The van der Waals surface area contributed by atoms with E-state index in [1.165, 1.54) is 37.9 Å². The van der Waals surface area contributed by atoms with E-state index in [9.17, 15) is 0 Å². The Balaban J connectivity index is 2.23. The van der Waals surface area contributed by atoms with E-state index < -0.39 is 0 Å². The molecule has 0 fully saturated rings. The molecule has 0 aliphatic rings. The molecular formula is C19H15N. The standard InChI is InChI=1S/C19H15N/c1-2-20-12-16-9-8-15-7-6-13-4-3-5-14-10-11-17(16)19(15)18(13)14/h3-12H,2H2,1H3/b20-12+. The van der Waals surface area contributed by atoms with E-state index >= 15 is 0 Å². The number of nitrogens with zero attached hydrogens (tertiary/aromatic N) is 1. The van der Waals surface area contributed by atoms with Gasteiger partial charge in [-0.05, 0) is 39.2 Å². The zero-order chi connectivity index (χ0) is 13.5. The first kappa shape index (κ1) is 11.4. The van der Waals surface area contributed by atoms with Crippen LogP contribution in [-0.2, 0) is 0 Å². The molecule has 0 bridgehead atoms. The Hall–Kier alpha value is -2.41. The van der Waals surface area contributed by atoms with Crippen molar-refractivity contribution in [2.45, 2.75) is 6.92 Å². The number of rotatable bonds is 2. The predicted molar refractivity (Wildman–Crippen MR) is 88.3 cm³/mol. The van der Waals surface area contributed by atoms with Crippen LogP contribution >= 0.6 is 0 Å². The molecule has 96 valence electrons. The van der Waals surface area contributed by atoms with Gasteiger partial charge in [-0.3, -0.25) is 4.99 Å². The lowest BCUT2D eigenvalue weighted by atomic mass is 9.92. The van der Waals surface area contributed by atoms with Gasteiger partial charge in [0.05, 0.1) is 0 Å². The summed E-state index contributed by atoms with van der Waals surface area (Å²) < 4.78 is 0. The molecule has 0 unspecified atom stereocenters. The molecule has 0 atom stereocenters. The third-order valence-corrected chi connectivity index (χ3v) is 3.98. The average Bonchev–Trinajstić information content (AvgIpc) is 2.51. The van der Waals surface area contributed by atoms with E-state index in [1.807, 2.05) is 6.21 Å². The lowest BCUT2D eigenvalue weighted by Gasteiger charge is -2.12. The topological polar surface area (TPSA) is 12.4 Å². The molecule has 0 N–H and O–H groups in total. The smallest absolute Gasteiger partial charge is 0.0361 e. The van der Waals surface area contributed by atoms with Gasteiger partial charge in [0, 0.05) is 18.3 Å². The van der Waals surface area contributed by atoms with Crippen LogP contribution in [0.15, 0.2) is 59.6 Å². The first-order valence-electron chi connectivity index (χ1n) is 7.05. The Morgan fingerprint density at radius 3 is 2.20 bits per heavy atom. The molecule has 4 rings (SSSR count). The van der Waals surface area contributed by atoms with Crippen molar-refractivity contribution in [2.24, 2.45) is 4.99 Å². The Kier molecular flexibility index (Phi) is 2.46. The van der Waals surface area contributed by atoms with Crippen LogP contribution in [0.4, 0.5) is 0 Å². The highest BCUT2D eigenvalue weighted by atomic mass is 14.7. The minimum absolute atomic E-state index is 0.821. The fourth-order valence-electron chi connectivity index (χ4n) is 3.06. The van der Waals surface area contributed by atoms with Crippen LogP contribution in [0, 0.1) is 0 Å². The van der Waals surface area contributed by atoms with Crippen LogP contribution in [0.25, 0.3) is 32.3 Å². The highest BCUT2D eigenvalue weighted by molar-refractivity contribution is 6.25. The van der Waals surface area contributed by atoms with E-state index in [2.05, 4.69) is 66.5 Å². The second-order valence-corrected chi connectivity index (χ2v) is 5.14. The molecule has 1 nitrogen and oxygen atoms in total. The summed E-state index contributed by atoms with van der Waals surface area (Å²) in [7, 11) is 0. The highest BCUT2D eigenvalue weighted by Crippen LogP contribution is 2.35. The van der Waals surface area contributed by atoms with Crippen molar-refractivity contribution in [3.63, 3.8) is 0 Å². The van der Waals surface area contributed by atoms with Crippen molar-refractivity contribution < 1.29 is 0 Å². The van der Waals surface area contributed by atoms with Crippen LogP contribution in [0.1, 0.15) is 12.5 Å².